The third-order valence-electron chi connectivity index (χ3n) is 2.65. The minimum Gasteiger partial charge on any atom is -0.324 e. The van der Waals surface area contributed by atoms with Crippen molar-refractivity contribution in [2.75, 3.05) is 0 Å². The summed E-state index contributed by atoms with van der Waals surface area (Å²) in [5, 5.41) is 0. The zero-order chi connectivity index (χ0) is 15.1. The summed E-state index contributed by atoms with van der Waals surface area (Å²) in [6.07, 6.45) is 0. The van der Waals surface area contributed by atoms with Gasteiger partial charge in [-0.1, -0.05) is 56.1 Å². The van der Waals surface area contributed by atoms with Crippen molar-refractivity contribution in [3.63, 3.8) is 0 Å². The molecule has 0 aliphatic carbocycles. The van der Waals surface area contributed by atoms with Crippen LogP contribution in [0.3, 0.4) is 0 Å². The number of benzene rings is 2. The molecule has 0 spiro atoms. The molecule has 0 heterocycles. The molecule has 0 aromatic heterocycles. The average Bonchev–Trinajstić information content (AvgIpc) is 2.40. The maximum Gasteiger partial charge on any atom is 0.159 e. The number of hydrogen-bond acceptors (Lipinski definition) is 2. The molecule has 0 fully saturated rings. The first-order chi connectivity index (χ1) is 9.40. The fraction of sp³-hybridized carbons (Fsp3) is 0.188. The quantitative estimate of drug-likeness (QED) is 0.713. The SMILES string of the molecule is CC(=O)c1ccc(Br)cc1.C[C@H](N)c1ccc(Br)cc1. The second-order valence-electron chi connectivity index (χ2n) is 4.40. The molecule has 4 heteroatoms. The lowest BCUT2D eigenvalue weighted by Gasteiger charge is -2.03. The second kappa shape index (κ2) is 8.35. The van der Waals surface area contributed by atoms with Crippen molar-refractivity contribution in [3.05, 3.63) is 68.6 Å². The van der Waals surface area contributed by atoms with Crippen LogP contribution in [0.1, 0.15) is 35.8 Å². The molecular weight excluding hydrogens is 382 g/mol. The summed E-state index contributed by atoms with van der Waals surface area (Å²) in [6.45, 7) is 3.53. The first kappa shape index (κ1) is 17.1. The van der Waals surface area contributed by atoms with Crippen LogP contribution in [0.4, 0.5) is 0 Å². The number of halogens is 2. The van der Waals surface area contributed by atoms with Crippen LogP contribution in [0.15, 0.2) is 57.5 Å². The molecule has 2 nitrogen and oxygen atoms in total. The molecule has 106 valence electrons. The third kappa shape index (κ3) is 5.99. The Morgan fingerprint density at radius 1 is 0.950 bits per heavy atom. The molecule has 2 rings (SSSR count). The molecule has 2 aromatic rings. The van der Waals surface area contributed by atoms with Gasteiger partial charge in [0.2, 0.25) is 0 Å². The van der Waals surface area contributed by atoms with Crippen LogP contribution in [-0.4, -0.2) is 5.78 Å². The summed E-state index contributed by atoms with van der Waals surface area (Å²) in [7, 11) is 0. The van der Waals surface area contributed by atoms with Gasteiger partial charge in [0.05, 0.1) is 0 Å². The largest absolute Gasteiger partial charge is 0.324 e. The van der Waals surface area contributed by atoms with Crippen LogP contribution < -0.4 is 5.73 Å². The van der Waals surface area contributed by atoms with Crippen LogP contribution in [0.5, 0.6) is 0 Å². The lowest BCUT2D eigenvalue weighted by molar-refractivity contribution is 0.101. The highest BCUT2D eigenvalue weighted by molar-refractivity contribution is 9.10. The number of nitrogens with two attached hydrogens (primary N) is 1. The molecule has 20 heavy (non-hydrogen) atoms. The molecule has 1 atom stereocenters. The van der Waals surface area contributed by atoms with Crippen molar-refractivity contribution in [3.8, 4) is 0 Å². The molecule has 0 unspecified atom stereocenters. The maximum atomic E-state index is 10.7. The smallest absolute Gasteiger partial charge is 0.159 e. The molecule has 0 aliphatic heterocycles. The van der Waals surface area contributed by atoms with E-state index in [1.807, 2.05) is 43.3 Å². The van der Waals surface area contributed by atoms with E-state index in [0.29, 0.717) is 0 Å². The van der Waals surface area contributed by atoms with Crippen molar-refractivity contribution in [2.45, 2.75) is 19.9 Å². The molecule has 0 aliphatic rings. The van der Waals surface area contributed by atoms with E-state index in [4.69, 9.17) is 5.73 Å². The van der Waals surface area contributed by atoms with Crippen molar-refractivity contribution in [1.29, 1.82) is 0 Å². The highest BCUT2D eigenvalue weighted by Gasteiger charge is 1.96. The van der Waals surface area contributed by atoms with E-state index in [9.17, 15) is 4.79 Å². The van der Waals surface area contributed by atoms with E-state index in [1.165, 1.54) is 5.56 Å². The van der Waals surface area contributed by atoms with E-state index in [0.717, 1.165) is 14.5 Å². The number of ketones is 1. The Labute approximate surface area is 136 Å². The van der Waals surface area contributed by atoms with Gasteiger partial charge in [0.15, 0.2) is 5.78 Å². The lowest BCUT2D eigenvalue weighted by atomic mass is 10.1. The fourth-order valence-corrected chi connectivity index (χ4v) is 1.98. The van der Waals surface area contributed by atoms with Gasteiger partial charge in [-0.15, -0.1) is 0 Å². The molecule has 0 amide bonds. The molecule has 0 radical (unpaired) electrons. The van der Waals surface area contributed by atoms with Gasteiger partial charge < -0.3 is 5.73 Å². The van der Waals surface area contributed by atoms with E-state index in [2.05, 4.69) is 31.9 Å². The first-order valence-corrected chi connectivity index (χ1v) is 7.76. The molecule has 0 saturated carbocycles. The van der Waals surface area contributed by atoms with Crippen LogP contribution >= 0.6 is 31.9 Å². The summed E-state index contributed by atoms with van der Waals surface area (Å²) in [5.41, 5.74) is 7.57. The highest BCUT2D eigenvalue weighted by atomic mass is 79.9. The number of carbonyl (C=O) groups excluding carboxylic acids is 1. The zero-order valence-corrected chi connectivity index (χ0v) is 14.6. The Morgan fingerprint density at radius 2 is 1.35 bits per heavy atom. The van der Waals surface area contributed by atoms with Gasteiger partial charge in [0.1, 0.15) is 0 Å². The molecular formula is C16H17Br2NO. The Kier molecular flexibility index (Phi) is 7.13. The van der Waals surface area contributed by atoms with Gasteiger partial charge in [0.25, 0.3) is 0 Å². The molecule has 0 bridgehead atoms. The predicted molar refractivity (Wildman–Crippen MR) is 90.9 cm³/mol. The van der Waals surface area contributed by atoms with Gasteiger partial charge in [-0.05, 0) is 43.7 Å². The third-order valence-corrected chi connectivity index (χ3v) is 3.70. The second-order valence-corrected chi connectivity index (χ2v) is 6.23. The first-order valence-electron chi connectivity index (χ1n) is 6.17. The number of carbonyl (C=O) groups is 1. The summed E-state index contributed by atoms with van der Waals surface area (Å²) >= 11 is 6.64. The predicted octanol–water partition coefficient (Wildman–Crippen LogP) is 5.12. The van der Waals surface area contributed by atoms with Crippen LogP contribution in [0, 0.1) is 0 Å². The number of rotatable bonds is 2. The van der Waals surface area contributed by atoms with Gasteiger partial charge in [-0.3, -0.25) is 4.79 Å². The summed E-state index contributed by atoms with van der Waals surface area (Å²) in [4.78, 5) is 10.7. The summed E-state index contributed by atoms with van der Waals surface area (Å²) < 4.78 is 2.09. The van der Waals surface area contributed by atoms with E-state index >= 15 is 0 Å². The fourth-order valence-electron chi connectivity index (χ4n) is 1.45. The Morgan fingerprint density at radius 3 is 1.70 bits per heavy atom. The molecule has 2 N–H and O–H groups in total. The van der Waals surface area contributed by atoms with Crippen molar-refractivity contribution in [1.82, 2.24) is 0 Å². The van der Waals surface area contributed by atoms with Crippen LogP contribution in [0.2, 0.25) is 0 Å². The Bertz CT molecular complexity index is 548. The average molecular weight is 399 g/mol. The van der Waals surface area contributed by atoms with E-state index in [-0.39, 0.29) is 11.8 Å². The summed E-state index contributed by atoms with van der Waals surface area (Å²) in [6, 6.07) is 15.5. The van der Waals surface area contributed by atoms with Gasteiger partial charge >= 0.3 is 0 Å². The maximum absolute atomic E-state index is 10.7. The van der Waals surface area contributed by atoms with Crippen molar-refractivity contribution < 1.29 is 4.79 Å². The van der Waals surface area contributed by atoms with Crippen LogP contribution in [0.25, 0.3) is 0 Å². The minimum absolute atomic E-state index is 0.104. The lowest BCUT2D eigenvalue weighted by Crippen LogP contribution is -2.03. The van der Waals surface area contributed by atoms with Gasteiger partial charge in [-0.2, -0.15) is 0 Å². The Hall–Kier alpha value is -0.970. The van der Waals surface area contributed by atoms with Crippen molar-refractivity contribution >= 4 is 37.6 Å². The highest BCUT2D eigenvalue weighted by Crippen LogP contribution is 2.14. The normalized spacial score (nSPS) is 11.2. The number of Topliss-reactive ketones (excluding diaryl/α,β-unsaturated/α-hetero) is 1. The topological polar surface area (TPSA) is 43.1 Å². The van der Waals surface area contributed by atoms with Crippen molar-refractivity contribution in [2.24, 2.45) is 5.73 Å². The van der Waals surface area contributed by atoms with E-state index < -0.39 is 0 Å². The Balaban J connectivity index is 0.000000200. The van der Waals surface area contributed by atoms with Gasteiger partial charge in [-0.25, -0.2) is 0 Å². The summed E-state index contributed by atoms with van der Waals surface area (Å²) in [5.74, 6) is 0.104. The zero-order valence-electron chi connectivity index (χ0n) is 11.4. The molecule has 0 saturated heterocycles. The molecule has 2 aromatic carbocycles. The standard InChI is InChI=1S/C8H10BrN.C8H7BrO/c2*1-6(10)7-2-4-8(9)5-3-7/h2-6H,10H2,1H3;2-5H,1H3/t6-;/m0./s1. The monoisotopic (exact) mass is 397 g/mol. The van der Waals surface area contributed by atoms with Crippen LogP contribution in [-0.2, 0) is 0 Å². The minimum atomic E-state index is 0.104. The van der Waals surface area contributed by atoms with E-state index in [1.54, 1.807) is 19.1 Å². The number of hydrogen-bond donors (Lipinski definition) is 1. The van der Waals surface area contributed by atoms with Gasteiger partial charge in [0, 0.05) is 20.6 Å².